The number of hydrogen-bond donors (Lipinski definition) is 2. The molecule has 5 heteroatoms. The summed E-state index contributed by atoms with van der Waals surface area (Å²) in [5, 5.41) is 12.5. The minimum atomic E-state index is 0.122. The Kier molecular flexibility index (Phi) is 7.99. The lowest BCUT2D eigenvalue weighted by Crippen LogP contribution is -2.31. The van der Waals surface area contributed by atoms with Crippen LogP contribution in [0.5, 0.6) is 5.75 Å². The van der Waals surface area contributed by atoms with Gasteiger partial charge in [-0.3, -0.25) is 0 Å². The smallest absolute Gasteiger partial charge is 0.138 e. The quantitative estimate of drug-likeness (QED) is 0.703. The van der Waals surface area contributed by atoms with Crippen LogP contribution in [0, 0.1) is 0 Å². The molecule has 3 nitrogen and oxygen atoms in total. The van der Waals surface area contributed by atoms with E-state index in [0.29, 0.717) is 13.2 Å². The number of rotatable bonds is 8. The zero-order chi connectivity index (χ0) is 14.3. The topological polar surface area (TPSA) is 41.5 Å². The van der Waals surface area contributed by atoms with Crippen molar-refractivity contribution in [1.29, 1.82) is 0 Å². The van der Waals surface area contributed by atoms with E-state index in [2.05, 4.69) is 51.0 Å². The molecule has 1 aromatic rings. The second kappa shape index (κ2) is 8.95. The zero-order valence-corrected chi connectivity index (χ0v) is 14.6. The van der Waals surface area contributed by atoms with Crippen LogP contribution in [0.1, 0.15) is 32.3 Å². The molecule has 108 valence electrons. The molecule has 19 heavy (non-hydrogen) atoms. The van der Waals surface area contributed by atoms with E-state index in [9.17, 15) is 5.11 Å². The van der Waals surface area contributed by atoms with Crippen molar-refractivity contribution in [2.75, 3.05) is 13.2 Å². The Labute approximate surface area is 132 Å². The molecule has 1 aromatic carbocycles. The number of halogens is 2. The first-order valence-electron chi connectivity index (χ1n) is 6.57. The molecule has 0 saturated carbocycles. The lowest BCUT2D eigenvalue weighted by Gasteiger charge is -2.17. The van der Waals surface area contributed by atoms with Crippen molar-refractivity contribution in [3.05, 3.63) is 26.6 Å². The molecular formula is C14H21Br2NO2. The fourth-order valence-corrected chi connectivity index (χ4v) is 3.13. The first-order chi connectivity index (χ1) is 9.12. The van der Waals surface area contributed by atoms with Gasteiger partial charge in [0.25, 0.3) is 0 Å². The molecule has 2 N–H and O–H groups in total. The third-order valence-corrected chi connectivity index (χ3v) is 3.88. The van der Waals surface area contributed by atoms with Crippen molar-refractivity contribution in [3.8, 4) is 5.75 Å². The molecule has 0 heterocycles. The monoisotopic (exact) mass is 393 g/mol. The highest BCUT2D eigenvalue weighted by Crippen LogP contribution is 2.33. The van der Waals surface area contributed by atoms with Crippen molar-refractivity contribution >= 4 is 31.9 Å². The highest BCUT2D eigenvalue weighted by atomic mass is 79.9. The predicted molar refractivity (Wildman–Crippen MR) is 85.6 cm³/mol. The van der Waals surface area contributed by atoms with E-state index in [-0.39, 0.29) is 12.6 Å². The second-order valence-electron chi connectivity index (χ2n) is 4.39. The lowest BCUT2D eigenvalue weighted by atomic mass is 10.1. The van der Waals surface area contributed by atoms with Crippen LogP contribution in [0.3, 0.4) is 0 Å². The summed E-state index contributed by atoms with van der Waals surface area (Å²) in [5.41, 5.74) is 1.08. The number of aliphatic hydroxyl groups excluding tert-OH is 1. The summed E-state index contributed by atoms with van der Waals surface area (Å²) in [7, 11) is 0. The molecule has 0 amide bonds. The van der Waals surface area contributed by atoms with Crippen molar-refractivity contribution in [2.45, 2.75) is 39.3 Å². The fraction of sp³-hybridized carbons (Fsp3) is 0.571. The van der Waals surface area contributed by atoms with Crippen molar-refractivity contribution in [2.24, 2.45) is 0 Å². The summed E-state index contributed by atoms with van der Waals surface area (Å²) in [6.07, 6.45) is 1.88. The van der Waals surface area contributed by atoms with Crippen LogP contribution in [0.4, 0.5) is 0 Å². The molecule has 0 unspecified atom stereocenters. The van der Waals surface area contributed by atoms with Gasteiger partial charge in [-0.15, -0.1) is 0 Å². The van der Waals surface area contributed by atoms with E-state index in [1.54, 1.807) is 0 Å². The van der Waals surface area contributed by atoms with E-state index < -0.39 is 0 Å². The second-order valence-corrected chi connectivity index (χ2v) is 6.16. The molecule has 0 aliphatic carbocycles. The largest absolute Gasteiger partial charge is 0.492 e. The van der Waals surface area contributed by atoms with E-state index in [0.717, 1.165) is 33.1 Å². The predicted octanol–water partition coefficient (Wildman–Crippen LogP) is 3.86. The molecule has 0 saturated heterocycles. The molecule has 0 aliphatic heterocycles. The normalized spacial score (nSPS) is 12.5. The van der Waals surface area contributed by atoms with Crippen LogP contribution in [-0.2, 0) is 6.54 Å². The number of nitrogens with one attached hydrogen (secondary N) is 1. The molecular weight excluding hydrogens is 374 g/mol. The Balaban J connectivity index is 2.84. The van der Waals surface area contributed by atoms with Crippen LogP contribution in [0.25, 0.3) is 0 Å². The van der Waals surface area contributed by atoms with Gasteiger partial charge in [-0.05, 0) is 40.9 Å². The number of ether oxygens (including phenoxy) is 1. The van der Waals surface area contributed by atoms with Crippen LogP contribution < -0.4 is 10.1 Å². The third-order valence-electron chi connectivity index (χ3n) is 2.83. The number of hydrogen-bond acceptors (Lipinski definition) is 3. The standard InChI is InChI=1S/C14H21Br2NO2/c1-3-5-19-14-10(6-11(15)7-13(14)16)8-17-12(4-2)9-18/h6-7,12,17-18H,3-5,8-9H2,1-2H3/t12-/m1/s1. The van der Waals surface area contributed by atoms with Crippen LogP contribution in [-0.4, -0.2) is 24.4 Å². The van der Waals surface area contributed by atoms with Gasteiger partial charge in [-0.2, -0.15) is 0 Å². The molecule has 0 fully saturated rings. The van der Waals surface area contributed by atoms with Gasteiger partial charge in [0, 0.05) is 22.6 Å². The van der Waals surface area contributed by atoms with E-state index in [1.807, 2.05) is 12.1 Å². The zero-order valence-electron chi connectivity index (χ0n) is 11.4. The van der Waals surface area contributed by atoms with Gasteiger partial charge >= 0.3 is 0 Å². The highest BCUT2D eigenvalue weighted by Gasteiger charge is 2.12. The van der Waals surface area contributed by atoms with Gasteiger partial charge in [0.15, 0.2) is 0 Å². The summed E-state index contributed by atoms with van der Waals surface area (Å²) < 4.78 is 7.76. The van der Waals surface area contributed by atoms with Gasteiger partial charge in [0.05, 0.1) is 17.7 Å². The Morgan fingerprint density at radius 2 is 2.05 bits per heavy atom. The molecule has 1 atom stereocenters. The Bertz CT molecular complexity index is 395. The SMILES string of the molecule is CCCOc1c(Br)cc(Br)cc1CN[C@H](CC)CO. The number of benzene rings is 1. The van der Waals surface area contributed by atoms with Gasteiger partial charge in [0.2, 0.25) is 0 Å². The van der Waals surface area contributed by atoms with E-state index in [4.69, 9.17) is 4.74 Å². The molecule has 0 aromatic heterocycles. The van der Waals surface area contributed by atoms with E-state index in [1.165, 1.54) is 0 Å². The molecule has 0 aliphatic rings. The van der Waals surface area contributed by atoms with Crippen molar-refractivity contribution < 1.29 is 9.84 Å². The Morgan fingerprint density at radius 1 is 1.32 bits per heavy atom. The maximum Gasteiger partial charge on any atom is 0.138 e. The highest BCUT2D eigenvalue weighted by molar-refractivity contribution is 9.11. The average molecular weight is 395 g/mol. The minimum absolute atomic E-state index is 0.122. The van der Waals surface area contributed by atoms with E-state index >= 15 is 0 Å². The molecule has 0 radical (unpaired) electrons. The molecule has 0 bridgehead atoms. The maximum absolute atomic E-state index is 9.21. The van der Waals surface area contributed by atoms with Gasteiger partial charge in [-0.1, -0.05) is 29.8 Å². The van der Waals surface area contributed by atoms with Gasteiger partial charge in [-0.25, -0.2) is 0 Å². The summed E-state index contributed by atoms with van der Waals surface area (Å²) in [6.45, 7) is 5.67. The van der Waals surface area contributed by atoms with Gasteiger partial charge < -0.3 is 15.2 Å². The first kappa shape index (κ1) is 17.0. The minimum Gasteiger partial charge on any atom is -0.492 e. The summed E-state index contributed by atoms with van der Waals surface area (Å²) in [4.78, 5) is 0. The summed E-state index contributed by atoms with van der Waals surface area (Å²) >= 11 is 7.03. The molecule has 1 rings (SSSR count). The fourth-order valence-electron chi connectivity index (χ4n) is 1.70. The Morgan fingerprint density at radius 3 is 2.63 bits per heavy atom. The van der Waals surface area contributed by atoms with Crippen LogP contribution in [0.15, 0.2) is 21.1 Å². The van der Waals surface area contributed by atoms with Crippen LogP contribution >= 0.6 is 31.9 Å². The number of aliphatic hydroxyl groups is 1. The third kappa shape index (κ3) is 5.42. The van der Waals surface area contributed by atoms with Crippen LogP contribution in [0.2, 0.25) is 0 Å². The van der Waals surface area contributed by atoms with Crippen molar-refractivity contribution in [1.82, 2.24) is 5.32 Å². The summed E-state index contributed by atoms with van der Waals surface area (Å²) in [5.74, 6) is 0.880. The summed E-state index contributed by atoms with van der Waals surface area (Å²) in [6, 6.07) is 4.15. The van der Waals surface area contributed by atoms with Gasteiger partial charge in [0.1, 0.15) is 5.75 Å². The molecule has 0 spiro atoms. The lowest BCUT2D eigenvalue weighted by molar-refractivity contribution is 0.237. The maximum atomic E-state index is 9.21. The Hall–Kier alpha value is -0.100. The average Bonchev–Trinajstić information content (AvgIpc) is 2.38. The first-order valence-corrected chi connectivity index (χ1v) is 8.15. The van der Waals surface area contributed by atoms with Crippen molar-refractivity contribution in [3.63, 3.8) is 0 Å².